The lowest BCUT2D eigenvalue weighted by atomic mass is 10.1. The normalized spacial score (nSPS) is 14.7. The van der Waals surface area contributed by atoms with Gasteiger partial charge in [0.05, 0.1) is 6.61 Å². The van der Waals surface area contributed by atoms with Crippen LogP contribution >= 0.6 is 0 Å². The number of hydrogen-bond acceptors (Lipinski definition) is 6. The smallest absolute Gasteiger partial charge is 0.409 e. The number of piperidine rings is 1. The van der Waals surface area contributed by atoms with Gasteiger partial charge >= 0.3 is 6.09 Å². The molecule has 1 aromatic heterocycles. The van der Waals surface area contributed by atoms with Crippen molar-refractivity contribution in [3.63, 3.8) is 0 Å². The summed E-state index contributed by atoms with van der Waals surface area (Å²) in [6, 6.07) is 10.5. The fourth-order valence-electron chi connectivity index (χ4n) is 3.16. The number of nitrogens with one attached hydrogen (secondary N) is 2. The third kappa shape index (κ3) is 5.57. The van der Waals surface area contributed by atoms with Crippen LogP contribution in [-0.2, 0) is 11.3 Å². The molecule has 0 unspecified atom stereocenters. The van der Waals surface area contributed by atoms with Gasteiger partial charge in [-0.05, 0) is 38.3 Å². The number of ether oxygens (including phenoxy) is 1. The van der Waals surface area contributed by atoms with Crippen LogP contribution in [0, 0.1) is 6.92 Å². The molecule has 144 valence electrons. The Labute approximate surface area is 160 Å². The number of nitrogens with zero attached hydrogens (tertiary/aromatic N) is 3. The molecule has 1 amide bonds. The summed E-state index contributed by atoms with van der Waals surface area (Å²) in [7, 11) is 0. The fourth-order valence-corrected chi connectivity index (χ4v) is 3.16. The molecule has 0 atom stereocenters. The number of aryl methyl sites for hydroxylation is 1. The van der Waals surface area contributed by atoms with E-state index in [1.807, 2.05) is 19.1 Å². The third-order valence-electron chi connectivity index (χ3n) is 4.56. The summed E-state index contributed by atoms with van der Waals surface area (Å²) in [4.78, 5) is 22.4. The van der Waals surface area contributed by atoms with E-state index in [-0.39, 0.29) is 12.1 Å². The molecule has 0 spiro atoms. The highest BCUT2D eigenvalue weighted by Gasteiger charge is 2.23. The van der Waals surface area contributed by atoms with Gasteiger partial charge < -0.3 is 20.3 Å². The van der Waals surface area contributed by atoms with Crippen LogP contribution in [0.4, 0.5) is 16.6 Å². The van der Waals surface area contributed by atoms with E-state index in [0.29, 0.717) is 32.2 Å². The first kappa shape index (κ1) is 18.9. The van der Waals surface area contributed by atoms with Crippen molar-refractivity contribution >= 4 is 17.9 Å². The van der Waals surface area contributed by atoms with Crippen molar-refractivity contribution in [2.45, 2.75) is 39.3 Å². The second kappa shape index (κ2) is 9.21. The van der Waals surface area contributed by atoms with Crippen molar-refractivity contribution in [3.8, 4) is 0 Å². The minimum absolute atomic E-state index is 0.222. The molecule has 7 nitrogen and oxygen atoms in total. The second-order valence-corrected chi connectivity index (χ2v) is 6.71. The van der Waals surface area contributed by atoms with Crippen LogP contribution in [0.2, 0.25) is 0 Å². The summed E-state index contributed by atoms with van der Waals surface area (Å²) in [5.41, 5.74) is 2.43. The molecule has 0 saturated carbocycles. The summed E-state index contributed by atoms with van der Waals surface area (Å²) >= 11 is 0. The van der Waals surface area contributed by atoms with Crippen molar-refractivity contribution < 1.29 is 9.53 Å². The zero-order valence-electron chi connectivity index (χ0n) is 15.9. The topological polar surface area (TPSA) is 79.4 Å². The molecule has 27 heavy (non-hydrogen) atoms. The minimum atomic E-state index is -0.222. The number of aromatic nitrogens is 2. The van der Waals surface area contributed by atoms with Gasteiger partial charge in [-0.3, -0.25) is 0 Å². The van der Waals surface area contributed by atoms with Crippen LogP contribution in [0.5, 0.6) is 0 Å². The van der Waals surface area contributed by atoms with E-state index < -0.39 is 0 Å². The number of benzene rings is 1. The SMILES string of the molecule is CCOC(=O)N1CCC(Nc2ccnc(NCc3cccc(C)c3)n2)CC1. The summed E-state index contributed by atoms with van der Waals surface area (Å²) in [5.74, 6) is 1.40. The molecule has 0 bridgehead atoms. The number of carbonyl (C=O) groups excluding carboxylic acids is 1. The first-order valence-electron chi connectivity index (χ1n) is 9.44. The van der Waals surface area contributed by atoms with Crippen molar-refractivity contribution in [2.75, 3.05) is 30.3 Å². The van der Waals surface area contributed by atoms with E-state index in [9.17, 15) is 4.79 Å². The van der Waals surface area contributed by atoms with Crippen molar-refractivity contribution in [2.24, 2.45) is 0 Å². The standard InChI is InChI=1S/C20H27N5O2/c1-3-27-20(26)25-11-8-17(9-12-25)23-18-7-10-21-19(24-18)22-14-16-6-4-5-15(2)13-16/h4-7,10,13,17H,3,8-9,11-12,14H2,1-2H3,(H2,21,22,23,24). The minimum Gasteiger partial charge on any atom is -0.450 e. The number of carbonyl (C=O) groups is 1. The Hall–Kier alpha value is -2.83. The summed E-state index contributed by atoms with van der Waals surface area (Å²) in [6.45, 7) is 6.39. The maximum atomic E-state index is 11.8. The van der Waals surface area contributed by atoms with Crippen LogP contribution in [0.15, 0.2) is 36.5 Å². The Morgan fingerprint density at radius 1 is 1.30 bits per heavy atom. The summed E-state index contributed by atoms with van der Waals surface area (Å²) in [5, 5.41) is 6.72. The first-order chi connectivity index (χ1) is 13.1. The maximum Gasteiger partial charge on any atom is 0.409 e. The van der Waals surface area contributed by atoms with Crippen molar-refractivity contribution in [1.29, 1.82) is 0 Å². The number of anilines is 2. The van der Waals surface area contributed by atoms with Crippen LogP contribution in [0.1, 0.15) is 30.9 Å². The third-order valence-corrected chi connectivity index (χ3v) is 4.56. The van der Waals surface area contributed by atoms with E-state index >= 15 is 0 Å². The number of hydrogen-bond donors (Lipinski definition) is 2. The first-order valence-corrected chi connectivity index (χ1v) is 9.44. The molecule has 1 aromatic carbocycles. The second-order valence-electron chi connectivity index (χ2n) is 6.71. The number of amides is 1. The highest BCUT2D eigenvalue weighted by atomic mass is 16.6. The van der Waals surface area contributed by atoms with Gasteiger partial charge in [0, 0.05) is 31.9 Å². The Morgan fingerprint density at radius 3 is 2.85 bits per heavy atom. The van der Waals surface area contributed by atoms with Crippen LogP contribution in [-0.4, -0.2) is 46.7 Å². The van der Waals surface area contributed by atoms with Crippen LogP contribution in [0.25, 0.3) is 0 Å². The van der Waals surface area contributed by atoms with Gasteiger partial charge in [0.15, 0.2) is 0 Å². The lowest BCUT2D eigenvalue weighted by Crippen LogP contribution is -2.42. The largest absolute Gasteiger partial charge is 0.450 e. The molecule has 7 heteroatoms. The molecule has 2 heterocycles. The average molecular weight is 369 g/mol. The molecule has 2 N–H and O–H groups in total. The lowest BCUT2D eigenvalue weighted by molar-refractivity contribution is 0.0983. The predicted molar refractivity (Wildman–Crippen MR) is 106 cm³/mol. The molecule has 0 aliphatic carbocycles. The molecule has 1 saturated heterocycles. The van der Waals surface area contributed by atoms with Gasteiger partial charge in [-0.15, -0.1) is 0 Å². The summed E-state index contributed by atoms with van der Waals surface area (Å²) in [6.07, 6.45) is 3.27. The molecular formula is C20H27N5O2. The average Bonchev–Trinajstić information content (AvgIpc) is 2.68. The highest BCUT2D eigenvalue weighted by Crippen LogP contribution is 2.17. The van der Waals surface area contributed by atoms with Gasteiger partial charge in [0.2, 0.25) is 5.95 Å². The predicted octanol–water partition coefficient (Wildman–Crippen LogP) is 3.43. The van der Waals surface area contributed by atoms with E-state index in [2.05, 4.69) is 45.7 Å². The molecule has 1 fully saturated rings. The molecule has 0 radical (unpaired) electrons. The van der Waals surface area contributed by atoms with Crippen molar-refractivity contribution in [1.82, 2.24) is 14.9 Å². The summed E-state index contributed by atoms with van der Waals surface area (Å²) < 4.78 is 5.06. The number of likely N-dealkylation sites (tertiary alicyclic amines) is 1. The Bertz CT molecular complexity index is 760. The van der Waals surface area contributed by atoms with E-state index in [4.69, 9.17) is 4.74 Å². The zero-order chi connectivity index (χ0) is 19.1. The van der Waals surface area contributed by atoms with Gasteiger partial charge in [-0.2, -0.15) is 4.98 Å². The van der Waals surface area contributed by atoms with Gasteiger partial charge in [0.1, 0.15) is 5.82 Å². The molecular weight excluding hydrogens is 342 g/mol. The van der Waals surface area contributed by atoms with Crippen LogP contribution in [0.3, 0.4) is 0 Å². The van der Waals surface area contributed by atoms with E-state index in [1.165, 1.54) is 11.1 Å². The molecule has 1 aliphatic rings. The molecule has 1 aliphatic heterocycles. The monoisotopic (exact) mass is 369 g/mol. The Kier molecular flexibility index (Phi) is 6.46. The lowest BCUT2D eigenvalue weighted by Gasteiger charge is -2.31. The van der Waals surface area contributed by atoms with Gasteiger partial charge in [0.25, 0.3) is 0 Å². The number of rotatable bonds is 6. The van der Waals surface area contributed by atoms with E-state index in [1.54, 1.807) is 11.1 Å². The Balaban J connectivity index is 1.50. The van der Waals surface area contributed by atoms with Gasteiger partial charge in [-0.25, -0.2) is 9.78 Å². The highest BCUT2D eigenvalue weighted by molar-refractivity contribution is 5.67. The van der Waals surface area contributed by atoms with Gasteiger partial charge in [-0.1, -0.05) is 29.8 Å². The zero-order valence-corrected chi connectivity index (χ0v) is 15.9. The quantitative estimate of drug-likeness (QED) is 0.812. The fraction of sp³-hybridized carbons (Fsp3) is 0.450. The van der Waals surface area contributed by atoms with E-state index in [0.717, 1.165) is 18.7 Å². The van der Waals surface area contributed by atoms with Crippen molar-refractivity contribution in [3.05, 3.63) is 47.7 Å². The maximum absolute atomic E-state index is 11.8. The molecule has 2 aromatic rings. The molecule has 3 rings (SSSR count). The Morgan fingerprint density at radius 2 is 2.11 bits per heavy atom. The van der Waals surface area contributed by atoms with Crippen LogP contribution < -0.4 is 10.6 Å².